The number of rotatable bonds is 3. The molecule has 0 bridgehead atoms. The lowest BCUT2D eigenvalue weighted by atomic mass is 9.62. The zero-order valence-electron chi connectivity index (χ0n) is 19.6. The summed E-state index contributed by atoms with van der Waals surface area (Å²) >= 11 is 19.1. The van der Waals surface area contributed by atoms with Crippen molar-refractivity contribution >= 4 is 40.8 Å². The maximum atomic E-state index is 15.6. The van der Waals surface area contributed by atoms with E-state index in [0.717, 1.165) is 0 Å². The van der Waals surface area contributed by atoms with Gasteiger partial charge in [0, 0.05) is 22.0 Å². The topological polar surface area (TPSA) is 53.3 Å². The average molecular weight is 524 g/mol. The van der Waals surface area contributed by atoms with E-state index in [1.165, 1.54) is 6.07 Å². The minimum absolute atomic E-state index is 0.0806. The summed E-state index contributed by atoms with van der Waals surface area (Å²) in [4.78, 5) is 15.3. The second kappa shape index (κ2) is 8.38. The first-order valence-electron chi connectivity index (χ1n) is 11.1. The SMILES string of the molecule is CC(C)(C)C[C@@H]1N2[C@@H](C(=O)OC2(C)C)[C@H](c2cccc(Cl)c2F)[C@@]1(C#N)c1ccc(Cl)cc1Cl. The molecule has 4 atom stereocenters. The van der Waals surface area contributed by atoms with Gasteiger partial charge in [-0.2, -0.15) is 5.26 Å². The van der Waals surface area contributed by atoms with Gasteiger partial charge in [-0.1, -0.05) is 73.8 Å². The third-order valence-corrected chi connectivity index (χ3v) is 7.70. The third-order valence-electron chi connectivity index (χ3n) is 6.87. The van der Waals surface area contributed by atoms with Gasteiger partial charge in [-0.25, -0.2) is 9.29 Å². The molecule has 8 heteroatoms. The Hall–Kier alpha value is -1.84. The predicted octanol–water partition coefficient (Wildman–Crippen LogP) is 7.11. The van der Waals surface area contributed by atoms with Crippen molar-refractivity contribution in [2.24, 2.45) is 5.41 Å². The summed E-state index contributed by atoms with van der Waals surface area (Å²) in [6.45, 7) is 9.78. The molecule has 2 fully saturated rings. The van der Waals surface area contributed by atoms with Crippen LogP contribution in [-0.4, -0.2) is 28.7 Å². The molecule has 0 aromatic heterocycles. The zero-order chi connectivity index (χ0) is 25.2. The Morgan fingerprint density at radius 3 is 2.41 bits per heavy atom. The molecule has 2 aromatic carbocycles. The molecule has 180 valence electrons. The van der Waals surface area contributed by atoms with Crippen molar-refractivity contribution in [1.29, 1.82) is 5.26 Å². The smallest absolute Gasteiger partial charge is 0.325 e. The Kier molecular flexibility index (Phi) is 6.23. The van der Waals surface area contributed by atoms with Crippen LogP contribution in [-0.2, 0) is 14.9 Å². The second-order valence-electron chi connectivity index (χ2n) is 10.7. The lowest BCUT2D eigenvalue weighted by Crippen LogP contribution is -2.52. The fourth-order valence-electron chi connectivity index (χ4n) is 5.74. The molecular formula is C26H26Cl3FN2O2. The molecule has 0 unspecified atom stereocenters. The number of benzene rings is 2. The van der Waals surface area contributed by atoms with Crippen LogP contribution in [0.2, 0.25) is 15.1 Å². The van der Waals surface area contributed by atoms with Crippen molar-refractivity contribution < 1.29 is 13.9 Å². The first kappa shape index (κ1) is 25.3. The predicted molar refractivity (Wildman–Crippen MR) is 132 cm³/mol. The van der Waals surface area contributed by atoms with E-state index in [1.54, 1.807) is 44.2 Å². The molecule has 0 saturated carbocycles. The van der Waals surface area contributed by atoms with Crippen LogP contribution in [0.1, 0.15) is 58.1 Å². The van der Waals surface area contributed by atoms with Crippen molar-refractivity contribution in [3.63, 3.8) is 0 Å². The van der Waals surface area contributed by atoms with E-state index < -0.39 is 40.9 Å². The van der Waals surface area contributed by atoms with Crippen LogP contribution in [0.15, 0.2) is 36.4 Å². The summed E-state index contributed by atoms with van der Waals surface area (Å²) in [7, 11) is 0. The summed E-state index contributed by atoms with van der Waals surface area (Å²) in [5.41, 5.74) is -1.96. The highest BCUT2D eigenvalue weighted by Gasteiger charge is 2.71. The van der Waals surface area contributed by atoms with Crippen LogP contribution in [0, 0.1) is 22.6 Å². The number of hydrogen-bond acceptors (Lipinski definition) is 4. The van der Waals surface area contributed by atoms with Gasteiger partial charge in [-0.3, -0.25) is 4.79 Å². The summed E-state index contributed by atoms with van der Waals surface area (Å²) in [5.74, 6) is -2.08. The number of cyclic esters (lactones) is 1. The van der Waals surface area contributed by atoms with Crippen molar-refractivity contribution in [2.75, 3.05) is 0 Å². The van der Waals surface area contributed by atoms with E-state index in [0.29, 0.717) is 17.0 Å². The van der Waals surface area contributed by atoms with Crippen molar-refractivity contribution in [2.45, 2.75) is 70.2 Å². The van der Waals surface area contributed by atoms with Crippen molar-refractivity contribution in [3.05, 3.63) is 68.4 Å². The lowest BCUT2D eigenvalue weighted by molar-refractivity contribution is -0.152. The van der Waals surface area contributed by atoms with Gasteiger partial charge in [0.25, 0.3) is 0 Å². The maximum absolute atomic E-state index is 15.6. The third kappa shape index (κ3) is 3.80. The Morgan fingerprint density at radius 2 is 1.82 bits per heavy atom. The normalized spacial score (nSPS) is 28.5. The van der Waals surface area contributed by atoms with Crippen LogP contribution in [0.5, 0.6) is 0 Å². The van der Waals surface area contributed by atoms with Gasteiger partial charge >= 0.3 is 5.97 Å². The molecule has 0 radical (unpaired) electrons. The van der Waals surface area contributed by atoms with Crippen LogP contribution < -0.4 is 0 Å². The number of esters is 1. The van der Waals surface area contributed by atoms with Crippen LogP contribution in [0.25, 0.3) is 0 Å². The minimum atomic E-state index is -1.39. The summed E-state index contributed by atoms with van der Waals surface area (Å²) < 4.78 is 21.4. The molecule has 0 aliphatic carbocycles. The van der Waals surface area contributed by atoms with E-state index in [2.05, 4.69) is 26.8 Å². The van der Waals surface area contributed by atoms with Crippen LogP contribution in [0.3, 0.4) is 0 Å². The summed E-state index contributed by atoms with van der Waals surface area (Å²) in [5, 5.41) is 11.6. The fraction of sp³-hybridized carbons (Fsp3) is 0.462. The summed E-state index contributed by atoms with van der Waals surface area (Å²) in [6, 6.07) is 10.7. The molecule has 4 rings (SSSR count). The molecule has 2 heterocycles. The van der Waals surface area contributed by atoms with Gasteiger partial charge in [0.1, 0.15) is 17.3 Å². The van der Waals surface area contributed by atoms with E-state index in [9.17, 15) is 10.1 Å². The van der Waals surface area contributed by atoms with Crippen LogP contribution >= 0.6 is 34.8 Å². The quantitative estimate of drug-likeness (QED) is 0.402. The minimum Gasteiger partial charge on any atom is -0.443 e. The number of carbonyl (C=O) groups is 1. The van der Waals surface area contributed by atoms with Gasteiger partial charge in [0.2, 0.25) is 0 Å². The number of nitriles is 1. The number of fused-ring (bicyclic) bond motifs is 1. The van der Waals surface area contributed by atoms with Gasteiger partial charge < -0.3 is 4.74 Å². The van der Waals surface area contributed by atoms with Gasteiger partial charge in [0.05, 0.1) is 11.1 Å². The monoisotopic (exact) mass is 522 g/mol. The average Bonchev–Trinajstić information content (AvgIpc) is 3.12. The van der Waals surface area contributed by atoms with Crippen molar-refractivity contribution in [3.8, 4) is 6.07 Å². The highest BCUT2D eigenvalue weighted by Crippen LogP contribution is 2.61. The molecule has 2 aliphatic heterocycles. The first-order valence-corrected chi connectivity index (χ1v) is 12.2. The molecule has 0 amide bonds. The standard InChI is InChI=1S/C26H26Cl3FN2O2/c1-24(2,3)12-19-26(13-31,16-10-9-14(27)11-18(16)29)20(15-7-6-8-17(28)21(15)30)22-23(33)34-25(4,5)32(19)22/h6-11,19-20,22H,12H2,1-5H3/t19-,20-,22+,26-/m0/s1. The highest BCUT2D eigenvalue weighted by molar-refractivity contribution is 6.35. The van der Waals surface area contributed by atoms with E-state index in [-0.39, 0.29) is 21.0 Å². The molecule has 0 N–H and O–H groups in total. The number of hydrogen-bond donors (Lipinski definition) is 0. The molecule has 0 spiro atoms. The Bertz CT molecular complexity index is 1200. The Balaban J connectivity index is 2.12. The largest absolute Gasteiger partial charge is 0.443 e. The molecule has 2 aliphatic rings. The van der Waals surface area contributed by atoms with Gasteiger partial charge in [-0.15, -0.1) is 0 Å². The highest BCUT2D eigenvalue weighted by atomic mass is 35.5. The molecular weight excluding hydrogens is 498 g/mol. The zero-order valence-corrected chi connectivity index (χ0v) is 21.9. The van der Waals surface area contributed by atoms with Gasteiger partial charge in [-0.05, 0) is 55.0 Å². The summed E-state index contributed by atoms with van der Waals surface area (Å²) in [6.07, 6.45) is 0.523. The molecule has 2 saturated heterocycles. The fourth-order valence-corrected chi connectivity index (χ4v) is 6.49. The van der Waals surface area contributed by atoms with Crippen molar-refractivity contribution in [1.82, 2.24) is 4.90 Å². The van der Waals surface area contributed by atoms with Crippen LogP contribution in [0.4, 0.5) is 4.39 Å². The number of halogens is 4. The number of carbonyl (C=O) groups excluding carboxylic acids is 1. The lowest BCUT2D eigenvalue weighted by Gasteiger charge is -2.42. The molecule has 4 nitrogen and oxygen atoms in total. The first-order chi connectivity index (χ1) is 15.7. The molecule has 2 aromatic rings. The number of nitrogens with zero attached hydrogens (tertiary/aromatic N) is 2. The maximum Gasteiger partial charge on any atom is 0.325 e. The Labute approximate surface area is 214 Å². The van der Waals surface area contributed by atoms with Gasteiger partial charge in [0.15, 0.2) is 5.72 Å². The molecule has 34 heavy (non-hydrogen) atoms. The Morgan fingerprint density at radius 1 is 1.15 bits per heavy atom. The van der Waals surface area contributed by atoms with E-state index in [1.807, 2.05) is 4.90 Å². The number of ether oxygens (including phenoxy) is 1. The second-order valence-corrected chi connectivity index (χ2v) is 12.0. The van der Waals surface area contributed by atoms with E-state index >= 15 is 4.39 Å². The van der Waals surface area contributed by atoms with E-state index in [4.69, 9.17) is 39.5 Å².